The normalized spacial score (nSPS) is 10.5. The number of hydrogen-bond donors (Lipinski definition) is 1. The highest BCUT2D eigenvalue weighted by Gasteiger charge is 2.08. The zero-order valence-corrected chi connectivity index (χ0v) is 11.0. The van der Waals surface area contributed by atoms with E-state index in [2.05, 4.69) is 5.32 Å². The second-order valence-corrected chi connectivity index (χ2v) is 4.28. The number of nitrogens with one attached hydrogen (secondary N) is 1. The lowest BCUT2D eigenvalue weighted by molar-refractivity contribution is -0.129. The SMILES string of the molecule is CNCCCC(=O)N(C)CCc1ccc(C)o1. The third-order valence-corrected chi connectivity index (χ3v) is 2.73. The Balaban J connectivity index is 2.24. The molecule has 0 aliphatic heterocycles. The quantitative estimate of drug-likeness (QED) is 0.734. The largest absolute Gasteiger partial charge is 0.466 e. The van der Waals surface area contributed by atoms with E-state index in [1.807, 2.05) is 33.2 Å². The minimum atomic E-state index is 0.198. The first-order chi connectivity index (χ1) is 8.13. The van der Waals surface area contributed by atoms with Gasteiger partial charge < -0.3 is 14.6 Å². The molecule has 0 aliphatic rings. The Morgan fingerprint density at radius 1 is 1.47 bits per heavy atom. The summed E-state index contributed by atoms with van der Waals surface area (Å²) in [7, 11) is 3.74. The highest BCUT2D eigenvalue weighted by atomic mass is 16.3. The molecule has 1 aromatic rings. The van der Waals surface area contributed by atoms with Crippen LogP contribution in [0.4, 0.5) is 0 Å². The molecule has 0 saturated heterocycles. The van der Waals surface area contributed by atoms with E-state index >= 15 is 0 Å². The van der Waals surface area contributed by atoms with Gasteiger partial charge in [0.05, 0.1) is 0 Å². The number of carbonyl (C=O) groups is 1. The van der Waals surface area contributed by atoms with Gasteiger partial charge in [0.15, 0.2) is 0 Å². The number of amides is 1. The number of hydrogen-bond acceptors (Lipinski definition) is 3. The molecule has 0 aromatic carbocycles. The molecule has 0 radical (unpaired) electrons. The van der Waals surface area contributed by atoms with Crippen molar-refractivity contribution in [2.24, 2.45) is 0 Å². The van der Waals surface area contributed by atoms with Gasteiger partial charge in [-0.1, -0.05) is 0 Å². The molecule has 0 unspecified atom stereocenters. The molecule has 0 saturated carbocycles. The summed E-state index contributed by atoms with van der Waals surface area (Å²) >= 11 is 0. The van der Waals surface area contributed by atoms with Gasteiger partial charge in [-0.05, 0) is 39.1 Å². The Kier molecular flexibility index (Phi) is 5.77. The smallest absolute Gasteiger partial charge is 0.222 e. The van der Waals surface area contributed by atoms with Crippen LogP contribution in [0.25, 0.3) is 0 Å². The molecule has 0 spiro atoms. The first-order valence-corrected chi connectivity index (χ1v) is 6.07. The third kappa shape index (κ3) is 5.04. The fourth-order valence-corrected chi connectivity index (χ4v) is 1.63. The second kappa shape index (κ2) is 7.12. The Labute approximate surface area is 103 Å². The molecule has 1 heterocycles. The molecular formula is C13H22N2O2. The Morgan fingerprint density at radius 3 is 2.82 bits per heavy atom. The fourth-order valence-electron chi connectivity index (χ4n) is 1.63. The van der Waals surface area contributed by atoms with Crippen molar-refractivity contribution < 1.29 is 9.21 Å². The number of furan rings is 1. The Bertz CT molecular complexity index is 347. The number of likely N-dealkylation sites (N-methyl/N-ethyl adjacent to an activating group) is 1. The highest BCUT2D eigenvalue weighted by Crippen LogP contribution is 2.07. The van der Waals surface area contributed by atoms with E-state index in [0.29, 0.717) is 13.0 Å². The molecule has 1 rings (SSSR count). The van der Waals surface area contributed by atoms with Gasteiger partial charge in [0.25, 0.3) is 0 Å². The van der Waals surface area contributed by atoms with Crippen molar-refractivity contribution in [2.45, 2.75) is 26.2 Å². The molecule has 0 fully saturated rings. The average molecular weight is 238 g/mol. The maximum Gasteiger partial charge on any atom is 0.222 e. The van der Waals surface area contributed by atoms with Crippen LogP contribution in [0.2, 0.25) is 0 Å². The topological polar surface area (TPSA) is 45.5 Å². The summed E-state index contributed by atoms with van der Waals surface area (Å²) < 4.78 is 5.46. The fraction of sp³-hybridized carbons (Fsp3) is 0.615. The first-order valence-electron chi connectivity index (χ1n) is 6.07. The zero-order valence-electron chi connectivity index (χ0n) is 11.0. The molecular weight excluding hydrogens is 216 g/mol. The molecule has 96 valence electrons. The van der Waals surface area contributed by atoms with Crippen molar-refractivity contribution >= 4 is 5.91 Å². The van der Waals surface area contributed by atoms with Gasteiger partial charge in [0.2, 0.25) is 5.91 Å². The molecule has 1 amide bonds. The van der Waals surface area contributed by atoms with E-state index in [4.69, 9.17) is 4.42 Å². The maximum absolute atomic E-state index is 11.7. The molecule has 4 heteroatoms. The van der Waals surface area contributed by atoms with Gasteiger partial charge in [-0.3, -0.25) is 4.79 Å². The minimum Gasteiger partial charge on any atom is -0.466 e. The first kappa shape index (κ1) is 13.8. The van der Waals surface area contributed by atoms with Crippen LogP contribution in [0.5, 0.6) is 0 Å². The molecule has 1 aromatic heterocycles. The van der Waals surface area contributed by atoms with Gasteiger partial charge in [0, 0.05) is 26.4 Å². The van der Waals surface area contributed by atoms with E-state index in [1.165, 1.54) is 0 Å². The van der Waals surface area contributed by atoms with Crippen LogP contribution in [0.15, 0.2) is 16.5 Å². The average Bonchev–Trinajstić information content (AvgIpc) is 2.72. The monoisotopic (exact) mass is 238 g/mol. The van der Waals surface area contributed by atoms with Crippen LogP contribution >= 0.6 is 0 Å². The molecule has 0 atom stereocenters. The van der Waals surface area contributed by atoms with E-state index in [-0.39, 0.29) is 5.91 Å². The van der Waals surface area contributed by atoms with Crippen molar-refractivity contribution in [3.05, 3.63) is 23.7 Å². The van der Waals surface area contributed by atoms with Gasteiger partial charge in [-0.2, -0.15) is 0 Å². The summed E-state index contributed by atoms with van der Waals surface area (Å²) in [4.78, 5) is 13.5. The van der Waals surface area contributed by atoms with Gasteiger partial charge in [0.1, 0.15) is 11.5 Å². The van der Waals surface area contributed by atoms with Crippen LogP contribution < -0.4 is 5.32 Å². The van der Waals surface area contributed by atoms with Crippen molar-refractivity contribution in [2.75, 3.05) is 27.2 Å². The summed E-state index contributed by atoms with van der Waals surface area (Å²) in [5, 5.41) is 3.04. The number of nitrogens with zero attached hydrogens (tertiary/aromatic N) is 1. The molecule has 0 aliphatic carbocycles. The summed E-state index contributed by atoms with van der Waals surface area (Å²) in [6.45, 7) is 3.53. The van der Waals surface area contributed by atoms with Crippen LogP contribution in [0.1, 0.15) is 24.4 Å². The van der Waals surface area contributed by atoms with Gasteiger partial charge in [-0.15, -0.1) is 0 Å². The third-order valence-electron chi connectivity index (χ3n) is 2.73. The van der Waals surface area contributed by atoms with E-state index in [0.717, 1.165) is 30.9 Å². The van der Waals surface area contributed by atoms with Crippen LogP contribution in [0, 0.1) is 6.92 Å². The lowest BCUT2D eigenvalue weighted by atomic mass is 10.2. The van der Waals surface area contributed by atoms with Crippen LogP contribution in [-0.4, -0.2) is 38.0 Å². The van der Waals surface area contributed by atoms with E-state index in [1.54, 1.807) is 4.90 Å². The second-order valence-electron chi connectivity index (χ2n) is 4.28. The van der Waals surface area contributed by atoms with Crippen molar-refractivity contribution in [3.8, 4) is 0 Å². The van der Waals surface area contributed by atoms with Gasteiger partial charge in [-0.25, -0.2) is 0 Å². The highest BCUT2D eigenvalue weighted by molar-refractivity contribution is 5.75. The maximum atomic E-state index is 11.7. The van der Waals surface area contributed by atoms with E-state index < -0.39 is 0 Å². The Hall–Kier alpha value is -1.29. The van der Waals surface area contributed by atoms with Crippen molar-refractivity contribution in [3.63, 3.8) is 0 Å². The lowest BCUT2D eigenvalue weighted by Crippen LogP contribution is -2.29. The van der Waals surface area contributed by atoms with Crippen LogP contribution in [0.3, 0.4) is 0 Å². The summed E-state index contributed by atoms with van der Waals surface area (Å²) in [5.41, 5.74) is 0. The lowest BCUT2D eigenvalue weighted by Gasteiger charge is -2.16. The number of carbonyl (C=O) groups excluding carboxylic acids is 1. The molecule has 1 N–H and O–H groups in total. The van der Waals surface area contributed by atoms with Crippen LogP contribution in [-0.2, 0) is 11.2 Å². The Morgan fingerprint density at radius 2 is 2.24 bits per heavy atom. The van der Waals surface area contributed by atoms with Crippen molar-refractivity contribution in [1.82, 2.24) is 10.2 Å². The molecule has 17 heavy (non-hydrogen) atoms. The molecule has 0 bridgehead atoms. The number of aryl methyl sites for hydroxylation is 1. The van der Waals surface area contributed by atoms with E-state index in [9.17, 15) is 4.79 Å². The number of rotatable bonds is 7. The summed E-state index contributed by atoms with van der Waals surface area (Å²) in [5.74, 6) is 2.06. The van der Waals surface area contributed by atoms with Crippen molar-refractivity contribution in [1.29, 1.82) is 0 Å². The standard InChI is InChI=1S/C13H22N2O2/c1-11-6-7-12(17-11)8-10-15(3)13(16)5-4-9-14-2/h6-7,14H,4-5,8-10H2,1-3H3. The molecule has 4 nitrogen and oxygen atoms in total. The summed E-state index contributed by atoms with van der Waals surface area (Å²) in [6.07, 6.45) is 2.27. The predicted molar refractivity (Wildman–Crippen MR) is 67.9 cm³/mol. The minimum absolute atomic E-state index is 0.198. The zero-order chi connectivity index (χ0) is 12.7. The van der Waals surface area contributed by atoms with Gasteiger partial charge >= 0.3 is 0 Å². The summed E-state index contributed by atoms with van der Waals surface area (Å²) in [6, 6.07) is 3.92. The predicted octanol–water partition coefficient (Wildman–Crippen LogP) is 1.59.